The number of hydrogen-bond donors (Lipinski definition) is 1. The highest BCUT2D eigenvalue weighted by Crippen LogP contribution is 2.30. The van der Waals surface area contributed by atoms with Crippen molar-refractivity contribution in [2.45, 2.75) is 25.3 Å². The van der Waals surface area contributed by atoms with Crippen LogP contribution >= 0.6 is 0 Å². The summed E-state index contributed by atoms with van der Waals surface area (Å²) in [5.74, 6) is 0.221. The summed E-state index contributed by atoms with van der Waals surface area (Å²) in [6, 6.07) is 21.8. The molecule has 30 heavy (non-hydrogen) atoms. The Labute approximate surface area is 178 Å². The normalized spacial score (nSPS) is 16.1. The molecule has 1 aromatic carbocycles. The van der Waals surface area contributed by atoms with Gasteiger partial charge in [-0.05, 0) is 68.1 Å². The van der Waals surface area contributed by atoms with E-state index in [2.05, 4.69) is 50.5 Å². The molecular weight excluding hydrogens is 372 g/mol. The molecule has 0 bridgehead atoms. The predicted octanol–water partition coefficient (Wildman–Crippen LogP) is 3.90. The van der Waals surface area contributed by atoms with Crippen LogP contribution in [0.15, 0.2) is 79.1 Å². The lowest BCUT2D eigenvalue weighted by molar-refractivity contribution is 0.0886. The minimum atomic E-state index is -0.141. The van der Waals surface area contributed by atoms with E-state index in [0.717, 1.165) is 44.6 Å². The first-order chi connectivity index (χ1) is 14.8. The molecule has 1 aliphatic heterocycles. The Morgan fingerprint density at radius 1 is 0.933 bits per heavy atom. The molecule has 4 rings (SSSR count). The van der Waals surface area contributed by atoms with Crippen molar-refractivity contribution in [2.24, 2.45) is 5.92 Å². The van der Waals surface area contributed by atoms with Gasteiger partial charge in [0.2, 0.25) is 0 Å². The third-order valence-electron chi connectivity index (χ3n) is 5.85. The van der Waals surface area contributed by atoms with E-state index in [4.69, 9.17) is 0 Å². The smallest absolute Gasteiger partial charge is 0.270 e. The summed E-state index contributed by atoms with van der Waals surface area (Å²) in [7, 11) is 0. The van der Waals surface area contributed by atoms with Gasteiger partial charge in [-0.15, -0.1) is 0 Å². The summed E-state index contributed by atoms with van der Waals surface area (Å²) < 4.78 is 0. The third kappa shape index (κ3) is 5.30. The van der Waals surface area contributed by atoms with Crippen LogP contribution in [0.4, 0.5) is 0 Å². The van der Waals surface area contributed by atoms with Crippen molar-refractivity contribution in [3.8, 4) is 0 Å². The molecule has 3 aromatic rings. The quantitative estimate of drug-likeness (QED) is 0.653. The summed E-state index contributed by atoms with van der Waals surface area (Å²) in [6.45, 7) is 3.16. The number of carbonyl (C=O) groups is 1. The molecule has 1 amide bonds. The fourth-order valence-corrected chi connectivity index (χ4v) is 4.15. The Hall–Kier alpha value is -3.05. The second kappa shape index (κ2) is 10.1. The number of nitrogens with zero attached hydrogens (tertiary/aromatic N) is 3. The number of likely N-dealkylation sites (tertiary alicyclic amines) is 1. The fourth-order valence-electron chi connectivity index (χ4n) is 4.15. The average Bonchev–Trinajstić information content (AvgIpc) is 2.83. The molecule has 1 N–H and O–H groups in total. The van der Waals surface area contributed by atoms with E-state index in [-0.39, 0.29) is 11.9 Å². The van der Waals surface area contributed by atoms with E-state index in [1.54, 1.807) is 18.5 Å². The molecule has 154 valence electrons. The van der Waals surface area contributed by atoms with Gasteiger partial charge in [-0.2, -0.15) is 0 Å². The highest BCUT2D eigenvalue weighted by atomic mass is 16.1. The highest BCUT2D eigenvalue weighted by Gasteiger charge is 2.30. The average molecular weight is 401 g/mol. The van der Waals surface area contributed by atoms with Crippen LogP contribution in [0.3, 0.4) is 0 Å². The molecule has 0 aliphatic carbocycles. The van der Waals surface area contributed by atoms with Crippen molar-refractivity contribution >= 4 is 5.91 Å². The number of piperidine rings is 1. The molecular formula is C25H28N4O. The maximum Gasteiger partial charge on any atom is 0.270 e. The first-order valence-electron chi connectivity index (χ1n) is 10.7. The van der Waals surface area contributed by atoms with Gasteiger partial charge >= 0.3 is 0 Å². The van der Waals surface area contributed by atoms with Crippen LogP contribution in [0, 0.1) is 5.92 Å². The molecule has 1 atom stereocenters. The molecule has 5 nitrogen and oxygen atoms in total. The first-order valence-corrected chi connectivity index (χ1v) is 10.7. The first kappa shape index (κ1) is 20.2. The molecule has 5 heteroatoms. The van der Waals surface area contributed by atoms with E-state index in [0.29, 0.717) is 11.6 Å². The van der Waals surface area contributed by atoms with Crippen molar-refractivity contribution in [1.82, 2.24) is 20.2 Å². The van der Waals surface area contributed by atoms with Gasteiger partial charge in [-0.3, -0.25) is 14.8 Å². The maximum atomic E-state index is 12.8. The number of amides is 1. The third-order valence-corrected chi connectivity index (χ3v) is 5.85. The van der Waals surface area contributed by atoms with Gasteiger partial charge in [0.25, 0.3) is 5.91 Å². The number of carbonyl (C=O) groups excluding carboxylic acids is 1. The number of aromatic nitrogens is 2. The van der Waals surface area contributed by atoms with E-state index in [9.17, 15) is 4.79 Å². The van der Waals surface area contributed by atoms with Gasteiger partial charge in [0.05, 0.1) is 11.7 Å². The van der Waals surface area contributed by atoms with Crippen LogP contribution in [0.5, 0.6) is 0 Å². The zero-order chi connectivity index (χ0) is 20.6. The molecule has 0 radical (unpaired) electrons. The minimum absolute atomic E-state index is 0.100. The Kier molecular flexibility index (Phi) is 6.83. The largest absolute Gasteiger partial charge is 0.342 e. The lowest BCUT2D eigenvalue weighted by Gasteiger charge is -2.36. The summed E-state index contributed by atoms with van der Waals surface area (Å²) in [5, 5.41) is 3.21. The summed E-state index contributed by atoms with van der Waals surface area (Å²) in [6.07, 6.45) is 6.60. The molecule has 0 saturated carbocycles. The Morgan fingerprint density at radius 3 is 2.30 bits per heavy atom. The molecule has 1 fully saturated rings. The van der Waals surface area contributed by atoms with Crippen molar-refractivity contribution in [2.75, 3.05) is 19.6 Å². The number of pyridine rings is 2. The summed E-state index contributed by atoms with van der Waals surface area (Å²) >= 11 is 0. The van der Waals surface area contributed by atoms with Crippen LogP contribution in [0.1, 0.15) is 40.6 Å². The summed E-state index contributed by atoms with van der Waals surface area (Å²) in [4.78, 5) is 24.1. The van der Waals surface area contributed by atoms with Gasteiger partial charge in [-0.25, -0.2) is 0 Å². The van der Waals surface area contributed by atoms with Crippen LogP contribution in [-0.4, -0.2) is 40.4 Å². The van der Waals surface area contributed by atoms with Crippen molar-refractivity contribution in [1.29, 1.82) is 0 Å². The number of nitrogens with one attached hydrogen (secondary N) is 1. The molecule has 0 spiro atoms. The Bertz CT molecular complexity index is 910. The lowest BCUT2D eigenvalue weighted by atomic mass is 9.87. The number of benzene rings is 1. The standard InChI is InChI=1S/C25H28N4O/c30-25(23-11-5-7-16-27-23)28-24(22-10-4-6-15-26-22)21-13-18-29(19-14-21)17-12-20-8-2-1-3-9-20/h1-11,15-16,21,24H,12-14,17-19H2,(H,28,30)/t24-/m0/s1. The predicted molar refractivity (Wildman–Crippen MR) is 118 cm³/mol. The Morgan fingerprint density at radius 2 is 1.63 bits per heavy atom. The van der Waals surface area contributed by atoms with Crippen molar-refractivity contribution < 1.29 is 4.79 Å². The molecule has 3 heterocycles. The zero-order valence-corrected chi connectivity index (χ0v) is 17.2. The monoisotopic (exact) mass is 400 g/mol. The molecule has 1 aliphatic rings. The van der Waals surface area contributed by atoms with Gasteiger partial charge in [0, 0.05) is 18.9 Å². The number of hydrogen-bond acceptors (Lipinski definition) is 4. The maximum absolute atomic E-state index is 12.8. The van der Waals surface area contributed by atoms with Crippen LogP contribution in [0.25, 0.3) is 0 Å². The van der Waals surface area contributed by atoms with E-state index in [1.807, 2.05) is 30.3 Å². The van der Waals surface area contributed by atoms with E-state index >= 15 is 0 Å². The van der Waals surface area contributed by atoms with Crippen LogP contribution in [0.2, 0.25) is 0 Å². The van der Waals surface area contributed by atoms with E-state index < -0.39 is 0 Å². The molecule has 0 unspecified atom stereocenters. The van der Waals surface area contributed by atoms with Crippen LogP contribution in [-0.2, 0) is 6.42 Å². The topological polar surface area (TPSA) is 58.1 Å². The van der Waals surface area contributed by atoms with Crippen molar-refractivity contribution in [3.05, 3.63) is 96.1 Å². The zero-order valence-electron chi connectivity index (χ0n) is 17.2. The summed E-state index contributed by atoms with van der Waals surface area (Å²) in [5.41, 5.74) is 2.75. The van der Waals surface area contributed by atoms with Gasteiger partial charge < -0.3 is 10.2 Å². The van der Waals surface area contributed by atoms with Gasteiger partial charge in [0.15, 0.2) is 0 Å². The lowest BCUT2D eigenvalue weighted by Crippen LogP contribution is -2.41. The minimum Gasteiger partial charge on any atom is -0.342 e. The van der Waals surface area contributed by atoms with E-state index in [1.165, 1.54) is 5.56 Å². The fraction of sp³-hybridized carbons (Fsp3) is 0.320. The van der Waals surface area contributed by atoms with Crippen molar-refractivity contribution in [3.63, 3.8) is 0 Å². The van der Waals surface area contributed by atoms with Gasteiger partial charge in [-0.1, -0.05) is 42.5 Å². The molecule has 1 saturated heterocycles. The number of rotatable bonds is 7. The Balaban J connectivity index is 1.39. The van der Waals surface area contributed by atoms with Crippen LogP contribution < -0.4 is 5.32 Å². The van der Waals surface area contributed by atoms with Gasteiger partial charge in [0.1, 0.15) is 5.69 Å². The second-order valence-corrected chi connectivity index (χ2v) is 7.84. The highest BCUT2D eigenvalue weighted by molar-refractivity contribution is 5.92. The second-order valence-electron chi connectivity index (χ2n) is 7.84. The molecule has 2 aromatic heterocycles. The SMILES string of the molecule is O=C(N[C@H](c1ccccn1)C1CCN(CCc2ccccc2)CC1)c1ccccn1.